The molecule has 1 heteroatoms. The molecule has 4 unspecified atom stereocenters. The van der Waals surface area contributed by atoms with Gasteiger partial charge in [0.1, 0.15) is 0 Å². The molecule has 1 aliphatic rings. The molecule has 0 saturated carbocycles. The predicted molar refractivity (Wildman–Crippen MR) is 123 cm³/mol. The van der Waals surface area contributed by atoms with Crippen molar-refractivity contribution in [2.24, 2.45) is 28.6 Å². The molecule has 0 aromatic rings. The van der Waals surface area contributed by atoms with E-state index >= 15 is 0 Å². The first kappa shape index (κ1) is 24.5. The highest BCUT2D eigenvalue weighted by Gasteiger charge is 2.29. The Bertz CT molecular complexity index is 491. The Morgan fingerprint density at radius 3 is 2.26 bits per heavy atom. The van der Waals surface area contributed by atoms with Crippen LogP contribution in [0.25, 0.3) is 0 Å². The predicted octanol–water partition coefficient (Wildman–Crippen LogP) is 7.73. The molecule has 0 N–H and O–H groups in total. The van der Waals surface area contributed by atoms with Gasteiger partial charge in [0.25, 0.3) is 0 Å². The van der Waals surface area contributed by atoms with Gasteiger partial charge in [0, 0.05) is 6.04 Å². The molecule has 0 bridgehead atoms. The summed E-state index contributed by atoms with van der Waals surface area (Å²) in [5.41, 5.74) is 2.20. The first-order chi connectivity index (χ1) is 12.3. The maximum Gasteiger partial charge on any atom is 0.0343 e. The summed E-state index contributed by atoms with van der Waals surface area (Å²) in [6, 6.07) is 0.510. The lowest BCUT2D eigenvalue weighted by Gasteiger charge is -2.32. The average molecular weight is 376 g/mol. The maximum atomic E-state index is 2.56. The third kappa shape index (κ3) is 9.46. The molecular formula is C26H49N. The van der Waals surface area contributed by atoms with Gasteiger partial charge in [0.05, 0.1) is 0 Å². The molecule has 0 aromatic heterocycles. The number of hydrogen-bond donors (Lipinski definition) is 0. The van der Waals surface area contributed by atoms with Crippen molar-refractivity contribution in [2.45, 2.75) is 100.0 Å². The molecular weight excluding hydrogens is 326 g/mol. The topological polar surface area (TPSA) is 3.24 Å². The van der Waals surface area contributed by atoms with Crippen LogP contribution >= 0.6 is 0 Å². The van der Waals surface area contributed by atoms with Crippen LogP contribution in [0, 0.1) is 28.6 Å². The highest BCUT2D eigenvalue weighted by molar-refractivity contribution is 5.29. The first-order valence-corrected chi connectivity index (χ1v) is 11.4. The van der Waals surface area contributed by atoms with E-state index < -0.39 is 0 Å². The zero-order chi connectivity index (χ0) is 20.8. The van der Waals surface area contributed by atoms with Gasteiger partial charge in [-0.2, -0.15) is 0 Å². The van der Waals surface area contributed by atoms with E-state index in [1.54, 1.807) is 0 Å². The van der Waals surface area contributed by atoms with Gasteiger partial charge in [-0.15, -0.1) is 0 Å². The molecule has 0 fully saturated rings. The van der Waals surface area contributed by atoms with Gasteiger partial charge in [-0.05, 0) is 73.9 Å². The monoisotopic (exact) mass is 375 g/mol. The average Bonchev–Trinajstić information content (AvgIpc) is 2.66. The Kier molecular flexibility index (Phi) is 9.32. The normalized spacial score (nSPS) is 26.2. The van der Waals surface area contributed by atoms with Crippen LogP contribution in [-0.2, 0) is 0 Å². The molecule has 0 aromatic carbocycles. The molecule has 4 atom stereocenters. The van der Waals surface area contributed by atoms with Crippen LogP contribution < -0.4 is 0 Å². The molecule has 1 nitrogen and oxygen atoms in total. The van der Waals surface area contributed by atoms with Crippen LogP contribution in [0.5, 0.6) is 0 Å². The molecule has 0 aliphatic heterocycles. The van der Waals surface area contributed by atoms with Crippen LogP contribution in [0.15, 0.2) is 23.8 Å². The Labute approximate surface area is 171 Å². The minimum atomic E-state index is 0.336. The Balaban J connectivity index is 2.82. The van der Waals surface area contributed by atoms with Gasteiger partial charge in [-0.25, -0.2) is 0 Å². The summed E-state index contributed by atoms with van der Waals surface area (Å²) in [4.78, 5) is 2.41. The van der Waals surface area contributed by atoms with Gasteiger partial charge >= 0.3 is 0 Å². The lowest BCUT2D eigenvalue weighted by Crippen LogP contribution is -2.33. The summed E-state index contributed by atoms with van der Waals surface area (Å²) >= 11 is 0. The van der Waals surface area contributed by atoms with Crippen molar-refractivity contribution in [1.29, 1.82) is 0 Å². The zero-order valence-electron chi connectivity index (χ0n) is 20.2. The van der Waals surface area contributed by atoms with E-state index in [-0.39, 0.29) is 0 Å². The second kappa shape index (κ2) is 10.3. The Hall–Kier alpha value is -0.560. The largest absolute Gasteiger partial charge is 0.302 e. The SMILES string of the molecule is CC(C)CCC(C)CCC1(C)C=CC(C(CC(C)(C)C)N(C)C)=CC(C)C1. The minimum absolute atomic E-state index is 0.336. The van der Waals surface area contributed by atoms with Crippen LogP contribution in [0.3, 0.4) is 0 Å². The van der Waals surface area contributed by atoms with E-state index in [1.807, 2.05) is 0 Å². The van der Waals surface area contributed by atoms with Crippen molar-refractivity contribution in [3.05, 3.63) is 23.8 Å². The second-order valence-electron chi connectivity index (χ2n) is 11.7. The standard InChI is InChI=1S/C26H49N/c1-20(2)11-12-21(3)13-15-26(8)16-14-23(17-22(4)18-26)24(27(9)10)19-25(5,6)7/h14,16-17,20-22,24H,11-13,15,18-19H2,1-10H3. The molecule has 0 amide bonds. The van der Waals surface area contributed by atoms with Crippen LogP contribution in [-0.4, -0.2) is 25.0 Å². The van der Waals surface area contributed by atoms with Gasteiger partial charge in [-0.3, -0.25) is 0 Å². The van der Waals surface area contributed by atoms with Crippen LogP contribution in [0.2, 0.25) is 0 Å². The third-order valence-corrected chi connectivity index (χ3v) is 6.20. The van der Waals surface area contributed by atoms with Crippen molar-refractivity contribution in [3.63, 3.8) is 0 Å². The van der Waals surface area contributed by atoms with Gasteiger partial charge < -0.3 is 4.90 Å². The molecule has 0 radical (unpaired) electrons. The van der Waals surface area contributed by atoms with Gasteiger partial charge in [-0.1, -0.05) is 86.5 Å². The fourth-order valence-corrected chi connectivity index (χ4v) is 4.47. The van der Waals surface area contributed by atoms with Gasteiger partial charge in [0.15, 0.2) is 0 Å². The summed E-state index contributed by atoms with van der Waals surface area (Å²) in [7, 11) is 4.46. The number of hydrogen-bond acceptors (Lipinski definition) is 1. The lowest BCUT2D eigenvalue weighted by atomic mass is 9.76. The van der Waals surface area contributed by atoms with E-state index in [2.05, 4.69) is 92.6 Å². The van der Waals surface area contributed by atoms with E-state index in [9.17, 15) is 0 Å². The van der Waals surface area contributed by atoms with Crippen LogP contribution in [0.4, 0.5) is 0 Å². The number of likely N-dealkylation sites (N-methyl/N-ethyl adjacent to an activating group) is 1. The van der Waals surface area contributed by atoms with E-state index in [0.717, 1.165) is 11.8 Å². The quantitative estimate of drug-likeness (QED) is 0.398. The third-order valence-electron chi connectivity index (χ3n) is 6.20. The summed E-state index contributed by atoms with van der Waals surface area (Å²) in [5.74, 6) is 2.32. The van der Waals surface area contributed by atoms with Crippen LogP contribution in [0.1, 0.15) is 93.9 Å². The molecule has 158 valence electrons. The molecule has 0 spiro atoms. The smallest absolute Gasteiger partial charge is 0.0343 e. The van der Waals surface area contributed by atoms with Gasteiger partial charge in [0.2, 0.25) is 0 Å². The van der Waals surface area contributed by atoms with Crippen molar-refractivity contribution < 1.29 is 0 Å². The minimum Gasteiger partial charge on any atom is -0.302 e. The highest BCUT2D eigenvalue weighted by Crippen LogP contribution is 2.39. The first-order valence-electron chi connectivity index (χ1n) is 11.4. The molecule has 0 saturated heterocycles. The number of allylic oxidation sites excluding steroid dienone is 2. The fraction of sp³-hybridized carbons (Fsp3) is 0.846. The number of nitrogens with zero attached hydrogens (tertiary/aromatic N) is 1. The maximum absolute atomic E-state index is 2.56. The van der Waals surface area contributed by atoms with Crippen molar-refractivity contribution in [2.75, 3.05) is 14.1 Å². The molecule has 1 aliphatic carbocycles. The van der Waals surface area contributed by atoms with Crippen molar-refractivity contribution in [3.8, 4) is 0 Å². The number of rotatable bonds is 9. The fourth-order valence-electron chi connectivity index (χ4n) is 4.47. The summed E-state index contributed by atoms with van der Waals surface area (Å²) in [5, 5.41) is 0. The van der Waals surface area contributed by atoms with E-state index in [0.29, 0.717) is 22.8 Å². The molecule has 27 heavy (non-hydrogen) atoms. The summed E-state index contributed by atoms with van der Waals surface area (Å²) in [6.45, 7) is 19.1. The summed E-state index contributed by atoms with van der Waals surface area (Å²) in [6.07, 6.45) is 15.5. The second-order valence-corrected chi connectivity index (χ2v) is 11.7. The van der Waals surface area contributed by atoms with Crippen molar-refractivity contribution in [1.82, 2.24) is 4.90 Å². The van der Waals surface area contributed by atoms with E-state index in [1.165, 1.54) is 44.1 Å². The zero-order valence-corrected chi connectivity index (χ0v) is 20.2. The molecule has 0 heterocycles. The Morgan fingerprint density at radius 1 is 1.11 bits per heavy atom. The lowest BCUT2D eigenvalue weighted by molar-refractivity contribution is 0.238. The van der Waals surface area contributed by atoms with Crippen molar-refractivity contribution >= 4 is 0 Å². The molecule has 1 rings (SSSR count). The Morgan fingerprint density at radius 2 is 1.74 bits per heavy atom. The summed E-state index contributed by atoms with van der Waals surface area (Å²) < 4.78 is 0. The van der Waals surface area contributed by atoms with E-state index in [4.69, 9.17) is 0 Å². The highest BCUT2D eigenvalue weighted by atomic mass is 15.1.